The van der Waals surface area contributed by atoms with E-state index in [1.807, 2.05) is 140 Å². The van der Waals surface area contributed by atoms with Gasteiger partial charge in [0.1, 0.15) is 0 Å². The zero-order valence-corrected chi connectivity index (χ0v) is 31.3. The Morgan fingerprint density at radius 2 is 0.941 bits per heavy atom. The van der Waals surface area contributed by atoms with Crippen LogP contribution >= 0.6 is 0 Å². The van der Waals surface area contributed by atoms with Gasteiger partial charge in [0.15, 0.2) is 5.82 Å². The van der Waals surface area contributed by atoms with Gasteiger partial charge in [-0.15, -0.1) is 108 Å². The van der Waals surface area contributed by atoms with E-state index in [9.17, 15) is 0 Å². The summed E-state index contributed by atoms with van der Waals surface area (Å²) in [4.78, 5) is 22.0. The van der Waals surface area contributed by atoms with Gasteiger partial charge in [-0.2, -0.15) is 0 Å². The molecule has 51 heavy (non-hydrogen) atoms. The summed E-state index contributed by atoms with van der Waals surface area (Å²) in [5.74, 6) is 0.729. The molecule has 0 unspecified atom stereocenters. The number of hydrogen-bond acceptors (Lipinski definition) is 5. The van der Waals surface area contributed by atoms with Gasteiger partial charge in [0.2, 0.25) is 0 Å². The predicted octanol–water partition coefficient (Wildman–Crippen LogP) is 11.0. The van der Waals surface area contributed by atoms with Crippen LogP contribution in [0.5, 0.6) is 0 Å². The van der Waals surface area contributed by atoms with Crippen molar-refractivity contribution in [1.29, 1.82) is 0 Å². The van der Waals surface area contributed by atoms with Crippen LogP contribution in [0.25, 0.3) is 45.2 Å². The zero-order valence-electron chi connectivity index (χ0n) is 29.0. The van der Waals surface area contributed by atoms with Gasteiger partial charge in [-0.3, -0.25) is 0 Å². The van der Waals surface area contributed by atoms with Crippen molar-refractivity contribution in [3.05, 3.63) is 176 Å². The van der Waals surface area contributed by atoms with Gasteiger partial charge >= 0.3 is 20.1 Å². The SMILES string of the molecule is CCCCCCCCc1cnc(-c2ccc(-c3[c-]cccc3)nc2)nc1.[Ir+3].[c-]1ccccc1-c1ccccn1.[c-]1ccccc1-c1ccccn1. The van der Waals surface area contributed by atoms with Crippen LogP contribution in [-0.4, -0.2) is 24.9 Å². The average molecular weight is 845 g/mol. The van der Waals surface area contributed by atoms with E-state index in [4.69, 9.17) is 0 Å². The predicted molar refractivity (Wildman–Crippen MR) is 204 cm³/mol. The first-order chi connectivity index (χ1) is 24.8. The Hall–Kier alpha value is -5.16. The van der Waals surface area contributed by atoms with Crippen LogP contribution < -0.4 is 0 Å². The second-order valence-electron chi connectivity index (χ2n) is 11.6. The Balaban J connectivity index is 0.000000193. The third kappa shape index (κ3) is 13.2. The van der Waals surface area contributed by atoms with Crippen molar-refractivity contribution in [1.82, 2.24) is 24.9 Å². The largest absolute Gasteiger partial charge is 3.00 e. The molecule has 7 aromatic rings. The van der Waals surface area contributed by atoms with Crippen molar-refractivity contribution < 1.29 is 20.1 Å². The Morgan fingerprint density at radius 1 is 0.451 bits per heavy atom. The standard InChI is InChI=1S/C23H26N3.2C11H8N.Ir/c1-2-3-4-5-6-8-11-19-16-25-23(26-17-19)21-14-15-22(24-18-21)20-12-9-7-10-13-20;2*1-2-6-10(7-3-1)11-8-4-5-9-12-11;/h7,9-10,12,14-18H,2-6,8,11H2,1H3;2*1-6,8-9H;/q3*-1;+3. The molecule has 6 heteroatoms. The summed E-state index contributed by atoms with van der Waals surface area (Å²) in [6, 6.07) is 48.7. The van der Waals surface area contributed by atoms with E-state index < -0.39 is 0 Å². The number of rotatable bonds is 11. The van der Waals surface area contributed by atoms with Gasteiger partial charge in [0.25, 0.3) is 0 Å². The molecular formula is C45H42IrN5. The molecule has 0 aliphatic heterocycles. The first kappa shape index (κ1) is 38.6. The fourth-order valence-corrected chi connectivity index (χ4v) is 5.13. The minimum Gasteiger partial charge on any atom is -0.305 e. The fourth-order valence-electron chi connectivity index (χ4n) is 5.13. The van der Waals surface area contributed by atoms with E-state index in [1.165, 1.54) is 44.1 Å². The number of pyridine rings is 3. The molecule has 256 valence electrons. The molecule has 0 saturated carbocycles. The van der Waals surface area contributed by atoms with Crippen LogP contribution in [0.3, 0.4) is 0 Å². The summed E-state index contributed by atoms with van der Waals surface area (Å²) < 4.78 is 0. The van der Waals surface area contributed by atoms with Crippen molar-refractivity contribution in [2.24, 2.45) is 0 Å². The molecule has 0 aliphatic carbocycles. The number of benzene rings is 3. The molecule has 0 bridgehead atoms. The van der Waals surface area contributed by atoms with Crippen LogP contribution in [0.15, 0.2) is 152 Å². The van der Waals surface area contributed by atoms with Gasteiger partial charge in [-0.1, -0.05) is 75.4 Å². The number of aromatic nitrogens is 5. The topological polar surface area (TPSA) is 64.5 Å². The third-order valence-corrected chi connectivity index (χ3v) is 7.83. The minimum absolute atomic E-state index is 0. The summed E-state index contributed by atoms with van der Waals surface area (Å²) in [6.07, 6.45) is 18.2. The van der Waals surface area contributed by atoms with Crippen LogP contribution in [0, 0.1) is 18.2 Å². The van der Waals surface area contributed by atoms with Crippen molar-refractivity contribution in [2.45, 2.75) is 51.9 Å². The number of hydrogen-bond donors (Lipinski definition) is 0. The smallest absolute Gasteiger partial charge is 0.305 e. The van der Waals surface area contributed by atoms with Crippen LogP contribution in [0.4, 0.5) is 0 Å². The molecule has 4 aromatic heterocycles. The summed E-state index contributed by atoms with van der Waals surface area (Å²) >= 11 is 0. The number of aryl methyl sites for hydroxylation is 1. The van der Waals surface area contributed by atoms with Gasteiger partial charge < -0.3 is 15.0 Å². The first-order valence-corrected chi connectivity index (χ1v) is 17.3. The van der Waals surface area contributed by atoms with Crippen LogP contribution in [0.2, 0.25) is 0 Å². The van der Waals surface area contributed by atoms with Crippen molar-refractivity contribution >= 4 is 0 Å². The van der Waals surface area contributed by atoms with E-state index >= 15 is 0 Å². The van der Waals surface area contributed by atoms with Gasteiger partial charge in [-0.05, 0) is 47.6 Å². The Bertz CT molecular complexity index is 1740. The number of unbranched alkanes of at least 4 members (excludes halogenated alkanes) is 5. The van der Waals surface area contributed by atoms with Crippen LogP contribution in [-0.2, 0) is 26.5 Å². The molecule has 5 nitrogen and oxygen atoms in total. The summed E-state index contributed by atoms with van der Waals surface area (Å²) in [6.45, 7) is 2.25. The Morgan fingerprint density at radius 3 is 1.37 bits per heavy atom. The van der Waals surface area contributed by atoms with Crippen molar-refractivity contribution in [3.8, 4) is 45.2 Å². The van der Waals surface area contributed by atoms with Crippen molar-refractivity contribution in [3.63, 3.8) is 0 Å². The second kappa shape index (κ2) is 22.5. The quantitative estimate of drug-likeness (QED) is 0.0959. The molecule has 0 amide bonds. The molecule has 0 aliphatic rings. The molecule has 0 atom stereocenters. The molecule has 7 rings (SSSR count). The maximum absolute atomic E-state index is 4.52. The zero-order chi connectivity index (χ0) is 34.5. The second-order valence-corrected chi connectivity index (χ2v) is 11.6. The Kier molecular flexibility index (Phi) is 17.1. The van der Waals surface area contributed by atoms with Crippen LogP contribution in [0.1, 0.15) is 51.0 Å². The molecule has 0 radical (unpaired) electrons. The molecule has 0 saturated heterocycles. The van der Waals surface area contributed by atoms with Gasteiger partial charge in [-0.25, -0.2) is 9.97 Å². The van der Waals surface area contributed by atoms with E-state index in [1.54, 1.807) is 12.4 Å². The van der Waals surface area contributed by atoms with E-state index in [0.717, 1.165) is 51.6 Å². The normalized spacial score (nSPS) is 10.1. The summed E-state index contributed by atoms with van der Waals surface area (Å²) in [5.41, 5.74) is 8.08. The molecule has 3 aromatic carbocycles. The maximum Gasteiger partial charge on any atom is 3.00 e. The third-order valence-electron chi connectivity index (χ3n) is 7.83. The van der Waals surface area contributed by atoms with E-state index in [2.05, 4.69) is 50.0 Å². The maximum atomic E-state index is 4.52. The summed E-state index contributed by atoms with van der Waals surface area (Å²) in [5, 5.41) is 0. The molecule has 0 spiro atoms. The minimum atomic E-state index is 0. The van der Waals surface area contributed by atoms with Crippen molar-refractivity contribution in [2.75, 3.05) is 0 Å². The molecule has 0 N–H and O–H groups in total. The molecule has 4 heterocycles. The number of nitrogens with zero attached hydrogens (tertiary/aromatic N) is 5. The van der Waals surface area contributed by atoms with Gasteiger partial charge in [0.05, 0.1) is 0 Å². The van der Waals surface area contributed by atoms with E-state index in [-0.39, 0.29) is 20.1 Å². The molecule has 0 fully saturated rings. The monoisotopic (exact) mass is 845 g/mol. The van der Waals surface area contributed by atoms with E-state index in [0.29, 0.717) is 0 Å². The Labute approximate surface area is 316 Å². The van der Waals surface area contributed by atoms with Gasteiger partial charge in [0, 0.05) is 36.5 Å². The average Bonchev–Trinajstić information content (AvgIpc) is 3.22. The molecular weight excluding hydrogens is 803 g/mol. The first-order valence-electron chi connectivity index (χ1n) is 17.3. The summed E-state index contributed by atoms with van der Waals surface area (Å²) in [7, 11) is 0. The fraction of sp³-hybridized carbons (Fsp3) is 0.178.